The lowest BCUT2D eigenvalue weighted by molar-refractivity contribution is -0.135. The van der Waals surface area contributed by atoms with Crippen molar-refractivity contribution in [1.82, 2.24) is 20.9 Å². The van der Waals surface area contributed by atoms with Crippen molar-refractivity contribution in [3.63, 3.8) is 0 Å². The Balaban J connectivity index is 1.59. The third-order valence-electron chi connectivity index (χ3n) is 5.16. The Hall–Kier alpha value is -2.94. The van der Waals surface area contributed by atoms with Gasteiger partial charge in [0.1, 0.15) is 12.1 Å². The van der Waals surface area contributed by atoms with Gasteiger partial charge in [-0.15, -0.1) is 0 Å². The van der Waals surface area contributed by atoms with Crippen LogP contribution in [-0.4, -0.2) is 55.1 Å². The number of fused-ring (bicyclic) bond motifs is 2. The molecule has 1 aliphatic heterocycles. The van der Waals surface area contributed by atoms with Crippen LogP contribution in [0, 0.1) is 0 Å². The highest BCUT2D eigenvalue weighted by Gasteiger charge is 2.54. The molecular weight excluding hydrogens is 376 g/mol. The number of carbonyl (C=O) groups excluding carboxylic acids is 4. The molecule has 1 aliphatic carbocycles. The minimum absolute atomic E-state index is 0.349. The van der Waals surface area contributed by atoms with Crippen molar-refractivity contribution in [2.75, 3.05) is 26.3 Å². The number of urea groups is 2. The van der Waals surface area contributed by atoms with Gasteiger partial charge in [0, 0.05) is 19.8 Å². The zero-order valence-electron chi connectivity index (χ0n) is 16.5. The molecule has 1 spiro atoms. The summed E-state index contributed by atoms with van der Waals surface area (Å²) in [6, 6.07) is 6.22. The molecule has 0 aromatic heterocycles. The zero-order valence-corrected chi connectivity index (χ0v) is 16.5. The molecule has 1 aromatic carbocycles. The van der Waals surface area contributed by atoms with E-state index in [-0.39, 0.29) is 0 Å². The number of imide groups is 2. The SMILES string of the molecule is CCOCCCNC(=O)NC(=O)CN1C(=O)NC2(CCCc3ccccc32)C1=O. The standard InChI is InChI=1S/C20H26N4O5/c1-2-29-12-6-11-21-18(27)22-16(25)13-24-17(26)20(23-19(24)28)10-5-8-14-7-3-4-9-15(14)20/h3-4,7,9H,2,5-6,8,10-13H2,1H3,(H,23,28)(H2,21,22,25,27). The second-order valence-corrected chi connectivity index (χ2v) is 7.09. The van der Waals surface area contributed by atoms with Crippen LogP contribution in [0.5, 0.6) is 0 Å². The topological polar surface area (TPSA) is 117 Å². The third kappa shape index (κ3) is 4.40. The summed E-state index contributed by atoms with van der Waals surface area (Å²) in [6.07, 6.45) is 2.69. The number of carbonyl (C=O) groups is 4. The molecule has 1 atom stereocenters. The lowest BCUT2D eigenvalue weighted by atomic mass is 9.76. The normalized spacial score (nSPS) is 20.4. The minimum atomic E-state index is -1.13. The fourth-order valence-electron chi connectivity index (χ4n) is 3.83. The summed E-state index contributed by atoms with van der Waals surface area (Å²) in [5.74, 6) is -1.18. The Kier molecular flexibility index (Phi) is 6.48. The summed E-state index contributed by atoms with van der Waals surface area (Å²) in [6.45, 7) is 2.83. The van der Waals surface area contributed by atoms with Gasteiger partial charge in [0.15, 0.2) is 0 Å². The van der Waals surface area contributed by atoms with Crippen LogP contribution in [0.15, 0.2) is 24.3 Å². The van der Waals surface area contributed by atoms with Crippen molar-refractivity contribution in [3.8, 4) is 0 Å². The van der Waals surface area contributed by atoms with Crippen molar-refractivity contribution in [2.24, 2.45) is 0 Å². The lowest BCUT2D eigenvalue weighted by Gasteiger charge is -2.33. The molecule has 1 saturated heterocycles. The largest absolute Gasteiger partial charge is 0.382 e. The second kappa shape index (κ2) is 9.04. The molecule has 1 heterocycles. The van der Waals surface area contributed by atoms with E-state index < -0.39 is 36.0 Å². The minimum Gasteiger partial charge on any atom is -0.382 e. The Morgan fingerprint density at radius 1 is 1.28 bits per heavy atom. The van der Waals surface area contributed by atoms with E-state index in [4.69, 9.17) is 4.74 Å². The van der Waals surface area contributed by atoms with Crippen molar-refractivity contribution in [3.05, 3.63) is 35.4 Å². The van der Waals surface area contributed by atoms with Gasteiger partial charge in [0.25, 0.3) is 5.91 Å². The average Bonchev–Trinajstić information content (AvgIpc) is 2.93. The molecule has 3 rings (SSSR count). The Bertz CT molecular complexity index is 812. The number of rotatable bonds is 7. The molecule has 2 aliphatic rings. The summed E-state index contributed by atoms with van der Waals surface area (Å²) >= 11 is 0. The fraction of sp³-hybridized carbons (Fsp3) is 0.500. The quantitative estimate of drug-likeness (QED) is 0.465. The van der Waals surface area contributed by atoms with Crippen LogP contribution in [0.3, 0.4) is 0 Å². The number of ether oxygens (including phenoxy) is 1. The summed E-state index contributed by atoms with van der Waals surface area (Å²) in [4.78, 5) is 50.4. The van der Waals surface area contributed by atoms with E-state index in [1.54, 1.807) is 0 Å². The summed E-state index contributed by atoms with van der Waals surface area (Å²) < 4.78 is 5.16. The molecule has 156 valence electrons. The molecule has 0 saturated carbocycles. The number of amides is 6. The predicted molar refractivity (Wildman–Crippen MR) is 104 cm³/mol. The van der Waals surface area contributed by atoms with E-state index in [0.717, 1.165) is 28.9 Å². The van der Waals surface area contributed by atoms with Gasteiger partial charge in [-0.05, 0) is 43.7 Å². The molecule has 9 nitrogen and oxygen atoms in total. The van der Waals surface area contributed by atoms with E-state index in [1.165, 1.54) is 0 Å². The molecule has 6 amide bonds. The third-order valence-corrected chi connectivity index (χ3v) is 5.16. The molecule has 1 unspecified atom stereocenters. The maximum Gasteiger partial charge on any atom is 0.325 e. The fourth-order valence-corrected chi connectivity index (χ4v) is 3.83. The first kappa shape index (κ1) is 20.8. The zero-order chi connectivity index (χ0) is 20.9. The molecule has 29 heavy (non-hydrogen) atoms. The van der Waals surface area contributed by atoms with Crippen LogP contribution in [-0.2, 0) is 26.3 Å². The Morgan fingerprint density at radius 2 is 2.07 bits per heavy atom. The van der Waals surface area contributed by atoms with Crippen molar-refractivity contribution in [1.29, 1.82) is 0 Å². The Labute approximate surface area is 169 Å². The van der Waals surface area contributed by atoms with E-state index in [2.05, 4.69) is 16.0 Å². The maximum atomic E-state index is 13.1. The highest BCUT2D eigenvalue weighted by molar-refractivity contribution is 6.10. The lowest BCUT2D eigenvalue weighted by Crippen LogP contribution is -2.48. The molecule has 0 radical (unpaired) electrons. The van der Waals surface area contributed by atoms with Gasteiger partial charge in [-0.3, -0.25) is 19.8 Å². The number of aryl methyl sites for hydroxylation is 1. The first-order valence-electron chi connectivity index (χ1n) is 9.86. The smallest absolute Gasteiger partial charge is 0.325 e. The number of nitrogens with one attached hydrogen (secondary N) is 3. The van der Waals surface area contributed by atoms with Crippen LogP contribution < -0.4 is 16.0 Å². The highest BCUT2D eigenvalue weighted by Crippen LogP contribution is 2.39. The first-order valence-corrected chi connectivity index (χ1v) is 9.86. The van der Waals surface area contributed by atoms with E-state index in [0.29, 0.717) is 32.6 Å². The number of hydrogen-bond acceptors (Lipinski definition) is 5. The number of hydrogen-bond donors (Lipinski definition) is 3. The molecule has 9 heteroatoms. The molecule has 1 aromatic rings. The maximum absolute atomic E-state index is 13.1. The van der Waals surface area contributed by atoms with E-state index >= 15 is 0 Å². The molecule has 0 bridgehead atoms. The van der Waals surface area contributed by atoms with E-state index in [9.17, 15) is 19.2 Å². The highest BCUT2D eigenvalue weighted by atomic mass is 16.5. The van der Waals surface area contributed by atoms with Crippen molar-refractivity contribution in [2.45, 2.75) is 38.1 Å². The Morgan fingerprint density at radius 3 is 2.86 bits per heavy atom. The van der Waals surface area contributed by atoms with Crippen LogP contribution in [0.4, 0.5) is 9.59 Å². The van der Waals surface area contributed by atoms with Gasteiger partial charge in [-0.1, -0.05) is 24.3 Å². The van der Waals surface area contributed by atoms with Gasteiger partial charge in [-0.2, -0.15) is 0 Å². The van der Waals surface area contributed by atoms with E-state index in [1.807, 2.05) is 31.2 Å². The van der Waals surface area contributed by atoms with Gasteiger partial charge < -0.3 is 15.4 Å². The van der Waals surface area contributed by atoms with Crippen molar-refractivity contribution < 1.29 is 23.9 Å². The summed E-state index contributed by atoms with van der Waals surface area (Å²) in [5, 5.41) is 7.46. The van der Waals surface area contributed by atoms with Crippen molar-refractivity contribution >= 4 is 23.9 Å². The molecule has 3 N–H and O–H groups in total. The summed E-state index contributed by atoms with van der Waals surface area (Å²) in [7, 11) is 0. The number of nitrogens with zero attached hydrogens (tertiary/aromatic N) is 1. The van der Waals surface area contributed by atoms with Crippen LogP contribution in [0.25, 0.3) is 0 Å². The van der Waals surface area contributed by atoms with Gasteiger partial charge >= 0.3 is 12.1 Å². The summed E-state index contributed by atoms with van der Waals surface area (Å²) in [5.41, 5.74) is 0.665. The molecular formula is C20H26N4O5. The van der Waals surface area contributed by atoms with Gasteiger partial charge in [0.05, 0.1) is 0 Å². The van der Waals surface area contributed by atoms with Gasteiger partial charge in [0.2, 0.25) is 5.91 Å². The monoisotopic (exact) mass is 402 g/mol. The molecule has 1 fully saturated rings. The van der Waals surface area contributed by atoms with Crippen LogP contribution in [0.2, 0.25) is 0 Å². The van der Waals surface area contributed by atoms with Crippen LogP contribution in [0.1, 0.15) is 37.3 Å². The predicted octanol–water partition coefficient (Wildman–Crippen LogP) is 1.02. The van der Waals surface area contributed by atoms with Gasteiger partial charge in [-0.25, -0.2) is 9.59 Å². The second-order valence-electron chi connectivity index (χ2n) is 7.09. The number of benzene rings is 1. The average molecular weight is 402 g/mol. The van der Waals surface area contributed by atoms with Crippen LogP contribution >= 0.6 is 0 Å². The first-order chi connectivity index (χ1) is 14.0.